The normalized spacial score (nSPS) is 12.0. The molecule has 1 unspecified atom stereocenters. The summed E-state index contributed by atoms with van der Waals surface area (Å²) in [4.78, 5) is 13.8. The second kappa shape index (κ2) is 5.66. The van der Waals surface area contributed by atoms with Crippen molar-refractivity contribution in [3.05, 3.63) is 72.1 Å². The highest BCUT2D eigenvalue weighted by molar-refractivity contribution is 6.00. The molecule has 0 saturated carbocycles. The van der Waals surface area contributed by atoms with Gasteiger partial charge in [-0.1, -0.05) is 48.5 Å². The fourth-order valence-corrected chi connectivity index (χ4v) is 2.04. The summed E-state index contributed by atoms with van der Waals surface area (Å²) >= 11 is 0. The summed E-state index contributed by atoms with van der Waals surface area (Å²) in [5.74, 6) is -0.0132. The van der Waals surface area contributed by atoms with E-state index in [9.17, 15) is 4.79 Å². The van der Waals surface area contributed by atoms with Gasteiger partial charge in [0.2, 0.25) is 0 Å². The number of benzene rings is 2. The third-order valence-corrected chi connectivity index (χ3v) is 3.26. The van der Waals surface area contributed by atoms with E-state index < -0.39 is 5.92 Å². The van der Waals surface area contributed by atoms with Crippen molar-refractivity contribution in [2.45, 2.75) is 12.8 Å². The van der Waals surface area contributed by atoms with Gasteiger partial charge < -0.3 is 0 Å². The minimum atomic E-state index is -0.426. The maximum atomic E-state index is 12.4. The third-order valence-electron chi connectivity index (χ3n) is 3.26. The largest absolute Gasteiger partial charge is 0.293 e. The highest BCUT2D eigenvalue weighted by atomic mass is 16.1. The molecule has 0 aliphatic carbocycles. The number of hydrogen-bond donors (Lipinski definition) is 0. The SMILES string of the molecule is CC(C(=O)c1ccccc1)c1nnn(-c2ccccc2)n1. The zero-order chi connectivity index (χ0) is 14.7. The van der Waals surface area contributed by atoms with E-state index in [0.717, 1.165) is 5.69 Å². The molecule has 0 saturated heterocycles. The van der Waals surface area contributed by atoms with Gasteiger partial charge in [-0.2, -0.15) is 0 Å². The van der Waals surface area contributed by atoms with Gasteiger partial charge in [0.15, 0.2) is 11.6 Å². The number of Topliss-reactive ketones (excluding diaryl/α,β-unsaturated/α-hetero) is 1. The van der Waals surface area contributed by atoms with E-state index in [-0.39, 0.29) is 5.78 Å². The number of nitrogens with zero attached hydrogens (tertiary/aromatic N) is 4. The summed E-state index contributed by atoms with van der Waals surface area (Å²) in [6, 6.07) is 18.6. The molecule has 0 aliphatic heterocycles. The van der Waals surface area contributed by atoms with Crippen LogP contribution < -0.4 is 0 Å². The van der Waals surface area contributed by atoms with Crippen LogP contribution in [0.25, 0.3) is 5.69 Å². The monoisotopic (exact) mass is 278 g/mol. The van der Waals surface area contributed by atoms with Crippen molar-refractivity contribution in [3.8, 4) is 5.69 Å². The average molecular weight is 278 g/mol. The van der Waals surface area contributed by atoms with Gasteiger partial charge in [-0.05, 0) is 24.3 Å². The van der Waals surface area contributed by atoms with Crippen LogP contribution in [0.1, 0.15) is 29.0 Å². The van der Waals surface area contributed by atoms with Gasteiger partial charge in [0.25, 0.3) is 0 Å². The van der Waals surface area contributed by atoms with Gasteiger partial charge in [0, 0.05) is 5.56 Å². The number of hydrogen-bond acceptors (Lipinski definition) is 4. The van der Waals surface area contributed by atoms with Gasteiger partial charge in [-0.25, -0.2) is 0 Å². The summed E-state index contributed by atoms with van der Waals surface area (Å²) in [5.41, 5.74) is 1.47. The molecule has 3 aromatic rings. The summed E-state index contributed by atoms with van der Waals surface area (Å²) in [5, 5.41) is 12.3. The maximum absolute atomic E-state index is 12.4. The summed E-state index contributed by atoms with van der Waals surface area (Å²) in [6.45, 7) is 1.79. The Hall–Kier alpha value is -2.82. The van der Waals surface area contributed by atoms with Gasteiger partial charge in [-0.3, -0.25) is 4.79 Å². The third kappa shape index (κ3) is 2.72. The van der Waals surface area contributed by atoms with E-state index in [1.165, 1.54) is 4.80 Å². The van der Waals surface area contributed by atoms with Gasteiger partial charge in [-0.15, -0.1) is 15.0 Å². The highest BCUT2D eigenvalue weighted by Crippen LogP contribution is 2.17. The molecule has 1 heterocycles. The van der Waals surface area contributed by atoms with Crippen molar-refractivity contribution in [1.29, 1.82) is 0 Å². The van der Waals surface area contributed by atoms with Gasteiger partial charge in [0.05, 0.1) is 11.6 Å². The number of rotatable bonds is 4. The van der Waals surface area contributed by atoms with Crippen LogP contribution in [0.2, 0.25) is 0 Å². The lowest BCUT2D eigenvalue weighted by Gasteiger charge is -2.05. The Morgan fingerprint density at radius 2 is 1.62 bits per heavy atom. The first-order valence-electron chi connectivity index (χ1n) is 6.70. The number of carbonyl (C=O) groups is 1. The van der Waals surface area contributed by atoms with E-state index in [1.54, 1.807) is 19.1 Å². The highest BCUT2D eigenvalue weighted by Gasteiger charge is 2.21. The number of aromatic nitrogens is 4. The molecule has 21 heavy (non-hydrogen) atoms. The Labute approximate surface area is 122 Å². The predicted octanol–water partition coefficient (Wildman–Crippen LogP) is 2.65. The van der Waals surface area contributed by atoms with Crippen LogP contribution in [0.3, 0.4) is 0 Å². The number of ketones is 1. The molecule has 104 valence electrons. The molecule has 0 amide bonds. The number of tetrazole rings is 1. The second-order valence-electron chi connectivity index (χ2n) is 4.72. The molecule has 0 spiro atoms. The van der Waals surface area contributed by atoms with Crippen LogP contribution in [0.5, 0.6) is 0 Å². The first-order valence-corrected chi connectivity index (χ1v) is 6.70. The molecule has 0 aliphatic rings. The fraction of sp³-hybridized carbons (Fsp3) is 0.125. The quantitative estimate of drug-likeness (QED) is 0.688. The van der Waals surface area contributed by atoms with Crippen molar-refractivity contribution >= 4 is 5.78 Å². The minimum absolute atomic E-state index is 0.0109. The van der Waals surface area contributed by atoms with Crippen LogP contribution >= 0.6 is 0 Å². The smallest absolute Gasteiger partial charge is 0.185 e. The van der Waals surface area contributed by atoms with Crippen molar-refractivity contribution in [2.75, 3.05) is 0 Å². The van der Waals surface area contributed by atoms with Crippen LogP contribution in [-0.4, -0.2) is 26.0 Å². The molecule has 5 nitrogen and oxygen atoms in total. The topological polar surface area (TPSA) is 60.7 Å². The first kappa shape index (κ1) is 13.2. The Kier molecular flexibility index (Phi) is 3.55. The standard InChI is InChI=1S/C16H14N4O/c1-12(15(21)13-8-4-2-5-9-13)16-17-19-20(18-16)14-10-6-3-7-11-14/h2-12H,1H3. The number of carbonyl (C=O) groups excluding carboxylic acids is 1. The lowest BCUT2D eigenvalue weighted by molar-refractivity contribution is 0.0963. The molecule has 0 fully saturated rings. The van der Waals surface area contributed by atoms with E-state index in [2.05, 4.69) is 15.4 Å². The molecule has 0 N–H and O–H groups in total. The van der Waals surface area contributed by atoms with E-state index in [0.29, 0.717) is 11.4 Å². The Bertz CT molecular complexity index is 737. The fourth-order valence-electron chi connectivity index (χ4n) is 2.04. The molecule has 0 radical (unpaired) electrons. The van der Waals surface area contributed by atoms with E-state index in [1.807, 2.05) is 48.5 Å². The molecule has 1 aromatic heterocycles. The first-order chi connectivity index (χ1) is 10.3. The Balaban J connectivity index is 1.85. The molecule has 3 rings (SSSR count). The van der Waals surface area contributed by atoms with Crippen molar-refractivity contribution in [1.82, 2.24) is 20.2 Å². The molecular weight excluding hydrogens is 264 g/mol. The van der Waals surface area contributed by atoms with Crippen LogP contribution in [0.4, 0.5) is 0 Å². The number of para-hydroxylation sites is 1. The molecule has 1 atom stereocenters. The van der Waals surface area contributed by atoms with Crippen molar-refractivity contribution in [3.63, 3.8) is 0 Å². The van der Waals surface area contributed by atoms with Gasteiger partial charge in [0.1, 0.15) is 0 Å². The van der Waals surface area contributed by atoms with Crippen molar-refractivity contribution in [2.24, 2.45) is 0 Å². The second-order valence-corrected chi connectivity index (χ2v) is 4.72. The summed E-state index contributed by atoms with van der Waals surface area (Å²) in [6.07, 6.45) is 0. The molecule has 2 aromatic carbocycles. The van der Waals surface area contributed by atoms with Crippen LogP contribution in [-0.2, 0) is 0 Å². The molecule has 0 bridgehead atoms. The zero-order valence-electron chi connectivity index (χ0n) is 11.5. The van der Waals surface area contributed by atoms with Crippen LogP contribution in [0.15, 0.2) is 60.7 Å². The van der Waals surface area contributed by atoms with E-state index in [4.69, 9.17) is 0 Å². The van der Waals surface area contributed by atoms with Gasteiger partial charge >= 0.3 is 0 Å². The van der Waals surface area contributed by atoms with E-state index >= 15 is 0 Å². The summed E-state index contributed by atoms with van der Waals surface area (Å²) in [7, 11) is 0. The zero-order valence-corrected chi connectivity index (χ0v) is 11.5. The maximum Gasteiger partial charge on any atom is 0.185 e. The van der Waals surface area contributed by atoms with Crippen molar-refractivity contribution < 1.29 is 4.79 Å². The summed E-state index contributed by atoms with van der Waals surface area (Å²) < 4.78 is 0. The molecule has 5 heteroatoms. The predicted molar refractivity (Wildman–Crippen MR) is 78.3 cm³/mol. The Morgan fingerprint density at radius 1 is 1.00 bits per heavy atom. The molecular formula is C16H14N4O. The van der Waals surface area contributed by atoms with Crippen LogP contribution in [0, 0.1) is 0 Å². The average Bonchev–Trinajstić information content (AvgIpc) is 3.05. The Morgan fingerprint density at radius 3 is 2.29 bits per heavy atom. The lowest BCUT2D eigenvalue weighted by Crippen LogP contribution is -2.11. The lowest BCUT2D eigenvalue weighted by atomic mass is 9.99. The minimum Gasteiger partial charge on any atom is -0.293 e.